The molecule has 0 bridgehead atoms. The highest BCUT2D eigenvalue weighted by molar-refractivity contribution is 7.07. The highest BCUT2D eigenvalue weighted by Gasteiger charge is 2.33. The molecule has 0 saturated carbocycles. The first kappa shape index (κ1) is 29.8. The average Bonchev–Trinajstić information content (AvgIpc) is 3.26. The topological polar surface area (TPSA) is 105 Å². The van der Waals surface area contributed by atoms with Gasteiger partial charge >= 0.3 is 11.9 Å². The summed E-state index contributed by atoms with van der Waals surface area (Å²) in [5.41, 5.74) is 2.16. The fourth-order valence-corrected chi connectivity index (χ4v) is 5.52. The maximum Gasteiger partial charge on any atom is 0.338 e. The van der Waals surface area contributed by atoms with Crippen LogP contribution in [0.1, 0.15) is 61.6 Å². The van der Waals surface area contributed by atoms with Crippen LogP contribution in [0, 0.1) is 5.92 Å². The average molecular weight is 579 g/mol. The molecule has 2 heterocycles. The number of thiazole rings is 1. The summed E-state index contributed by atoms with van der Waals surface area (Å²) in [6.07, 6.45) is 2.69. The molecule has 0 amide bonds. The molecule has 9 nitrogen and oxygen atoms in total. The zero-order valence-electron chi connectivity index (χ0n) is 24.1. The maximum absolute atomic E-state index is 13.9. The number of benzene rings is 2. The van der Waals surface area contributed by atoms with Gasteiger partial charge in [-0.3, -0.25) is 9.36 Å². The van der Waals surface area contributed by atoms with Gasteiger partial charge in [-0.05, 0) is 67.7 Å². The number of methoxy groups -OCH3 is 2. The fraction of sp³-hybridized carbons (Fsp3) is 0.355. The lowest BCUT2D eigenvalue weighted by atomic mass is 9.95. The van der Waals surface area contributed by atoms with E-state index in [2.05, 4.69) is 18.8 Å². The molecule has 216 valence electrons. The largest absolute Gasteiger partial charge is 0.493 e. The van der Waals surface area contributed by atoms with Crippen LogP contribution in [0.3, 0.4) is 0 Å². The lowest BCUT2D eigenvalue weighted by Crippen LogP contribution is -2.40. The van der Waals surface area contributed by atoms with E-state index >= 15 is 0 Å². The Hall–Kier alpha value is -4.18. The minimum absolute atomic E-state index is 0.174. The number of aromatic nitrogens is 1. The highest BCUT2D eigenvalue weighted by atomic mass is 32.1. The number of rotatable bonds is 10. The number of nitrogens with zero attached hydrogens (tertiary/aromatic N) is 2. The van der Waals surface area contributed by atoms with Crippen LogP contribution in [0.4, 0.5) is 0 Å². The second kappa shape index (κ2) is 13.0. The molecule has 0 fully saturated rings. The van der Waals surface area contributed by atoms with Gasteiger partial charge in [0.25, 0.3) is 5.56 Å². The van der Waals surface area contributed by atoms with E-state index in [0.29, 0.717) is 50.2 Å². The Bertz CT molecular complexity index is 1650. The van der Waals surface area contributed by atoms with Gasteiger partial charge in [-0.15, -0.1) is 0 Å². The van der Waals surface area contributed by atoms with E-state index in [9.17, 15) is 14.4 Å². The number of hydrogen-bond acceptors (Lipinski definition) is 9. The van der Waals surface area contributed by atoms with Crippen LogP contribution < -0.4 is 24.4 Å². The molecule has 0 aliphatic carbocycles. The first-order valence-electron chi connectivity index (χ1n) is 13.4. The van der Waals surface area contributed by atoms with Crippen LogP contribution in [0.5, 0.6) is 11.5 Å². The van der Waals surface area contributed by atoms with Crippen molar-refractivity contribution in [3.05, 3.63) is 90.1 Å². The lowest BCUT2D eigenvalue weighted by Gasteiger charge is -2.24. The van der Waals surface area contributed by atoms with Crippen molar-refractivity contribution in [1.29, 1.82) is 0 Å². The van der Waals surface area contributed by atoms with Crippen LogP contribution in [0.25, 0.3) is 6.08 Å². The maximum atomic E-state index is 13.9. The number of hydrogen-bond donors (Lipinski definition) is 0. The molecule has 0 spiro atoms. The Morgan fingerprint density at radius 2 is 1.80 bits per heavy atom. The Labute approximate surface area is 242 Å². The first-order valence-corrected chi connectivity index (χ1v) is 14.2. The highest BCUT2D eigenvalue weighted by Crippen LogP contribution is 2.31. The second-order valence-electron chi connectivity index (χ2n) is 9.86. The molecule has 1 aromatic heterocycles. The van der Waals surface area contributed by atoms with Gasteiger partial charge in [-0.2, -0.15) is 0 Å². The first-order chi connectivity index (χ1) is 19.7. The second-order valence-corrected chi connectivity index (χ2v) is 10.9. The molecule has 1 aliphatic rings. The number of fused-ring (bicyclic) bond motifs is 1. The summed E-state index contributed by atoms with van der Waals surface area (Å²) in [4.78, 5) is 44.0. The van der Waals surface area contributed by atoms with Gasteiger partial charge in [0.1, 0.15) is 0 Å². The van der Waals surface area contributed by atoms with Gasteiger partial charge in [-0.1, -0.05) is 43.4 Å². The number of carbonyl (C=O) groups excluding carboxylic acids is 2. The van der Waals surface area contributed by atoms with E-state index in [-0.39, 0.29) is 17.7 Å². The fourth-order valence-electron chi connectivity index (χ4n) is 4.48. The summed E-state index contributed by atoms with van der Waals surface area (Å²) >= 11 is 1.23. The van der Waals surface area contributed by atoms with Crippen LogP contribution in [-0.2, 0) is 14.3 Å². The Balaban J connectivity index is 1.80. The number of esters is 2. The van der Waals surface area contributed by atoms with E-state index in [4.69, 9.17) is 18.9 Å². The monoisotopic (exact) mass is 578 g/mol. The summed E-state index contributed by atoms with van der Waals surface area (Å²) in [5, 5.41) is 0. The number of ether oxygens (including phenoxy) is 4. The van der Waals surface area contributed by atoms with Crippen molar-refractivity contribution < 1.29 is 28.5 Å². The van der Waals surface area contributed by atoms with Crippen LogP contribution in [-0.4, -0.2) is 43.9 Å². The van der Waals surface area contributed by atoms with Gasteiger partial charge in [-0.25, -0.2) is 14.6 Å². The van der Waals surface area contributed by atoms with E-state index in [1.807, 2.05) is 18.2 Å². The summed E-state index contributed by atoms with van der Waals surface area (Å²) in [6, 6.07) is 11.3. The van der Waals surface area contributed by atoms with Crippen LogP contribution in [0.15, 0.2) is 63.5 Å². The molecule has 0 N–H and O–H groups in total. The normalized spacial score (nSPS) is 14.9. The number of allylic oxidation sites excluding steroid dienone is 1. The Morgan fingerprint density at radius 3 is 2.44 bits per heavy atom. The molecule has 4 rings (SSSR count). The lowest BCUT2D eigenvalue weighted by molar-refractivity contribution is -0.139. The predicted molar refractivity (Wildman–Crippen MR) is 156 cm³/mol. The smallest absolute Gasteiger partial charge is 0.338 e. The standard InChI is InChI=1S/C31H34N2O7S/c1-7-39-30(36)26-19(4)32-31-33(27(26)21-9-11-22(12-10-21)29(35)38-6)28(34)25(41-31)17-20-8-13-23(24(16-20)37-5)40-15-14-18(2)3/h8-13,16-18,27H,7,14-15H2,1-6H3. The number of carbonyl (C=O) groups is 2. The molecule has 2 aromatic carbocycles. The molecular weight excluding hydrogens is 544 g/mol. The molecule has 1 unspecified atom stereocenters. The van der Waals surface area contributed by atoms with Gasteiger partial charge in [0.15, 0.2) is 16.3 Å². The van der Waals surface area contributed by atoms with Gasteiger partial charge < -0.3 is 18.9 Å². The van der Waals surface area contributed by atoms with Crippen molar-refractivity contribution in [1.82, 2.24) is 4.57 Å². The molecule has 1 aliphatic heterocycles. The third-order valence-corrected chi connectivity index (χ3v) is 7.59. The van der Waals surface area contributed by atoms with Crippen LogP contribution >= 0.6 is 11.3 Å². The predicted octanol–water partition coefficient (Wildman–Crippen LogP) is 4.02. The zero-order valence-corrected chi connectivity index (χ0v) is 24.9. The van der Waals surface area contributed by atoms with Gasteiger partial charge in [0.2, 0.25) is 0 Å². The van der Waals surface area contributed by atoms with Crippen molar-refractivity contribution >= 4 is 29.4 Å². The molecule has 1 atom stereocenters. The third-order valence-electron chi connectivity index (χ3n) is 6.60. The van der Waals surface area contributed by atoms with Crippen LogP contribution in [0.2, 0.25) is 0 Å². The summed E-state index contributed by atoms with van der Waals surface area (Å²) < 4.78 is 23.5. The molecule has 0 radical (unpaired) electrons. The molecule has 41 heavy (non-hydrogen) atoms. The van der Waals surface area contributed by atoms with Crippen molar-refractivity contribution in [2.75, 3.05) is 27.4 Å². The van der Waals surface area contributed by atoms with Crippen molar-refractivity contribution in [3.8, 4) is 11.5 Å². The van der Waals surface area contributed by atoms with E-state index in [0.717, 1.165) is 12.0 Å². The van der Waals surface area contributed by atoms with Gasteiger partial charge in [0, 0.05) is 0 Å². The third kappa shape index (κ3) is 6.43. The Morgan fingerprint density at radius 1 is 1.07 bits per heavy atom. The summed E-state index contributed by atoms with van der Waals surface area (Å²) in [5.74, 6) is 0.692. The van der Waals surface area contributed by atoms with Gasteiger partial charge in [0.05, 0.1) is 54.8 Å². The quantitative estimate of drug-likeness (QED) is 0.335. The summed E-state index contributed by atoms with van der Waals surface area (Å²) in [7, 11) is 2.88. The minimum atomic E-state index is -0.787. The van der Waals surface area contributed by atoms with E-state index in [1.54, 1.807) is 51.3 Å². The van der Waals surface area contributed by atoms with Crippen molar-refractivity contribution in [3.63, 3.8) is 0 Å². The summed E-state index contributed by atoms with van der Waals surface area (Å²) in [6.45, 7) is 8.47. The SMILES string of the molecule is CCOC(=O)C1=C(C)N=c2sc(=Cc3ccc(OCCC(C)C)c(OC)c3)c(=O)n2C1c1ccc(C(=O)OC)cc1. The molecular formula is C31H34N2O7S. The van der Waals surface area contributed by atoms with Crippen molar-refractivity contribution in [2.45, 2.75) is 40.2 Å². The van der Waals surface area contributed by atoms with E-state index < -0.39 is 18.0 Å². The molecule has 0 saturated heterocycles. The van der Waals surface area contributed by atoms with E-state index in [1.165, 1.54) is 23.0 Å². The zero-order chi connectivity index (χ0) is 29.7. The molecule has 10 heteroatoms. The Kier molecular flexibility index (Phi) is 9.44. The minimum Gasteiger partial charge on any atom is -0.493 e. The molecule has 3 aromatic rings. The van der Waals surface area contributed by atoms with Crippen molar-refractivity contribution in [2.24, 2.45) is 10.9 Å².